The van der Waals surface area contributed by atoms with Gasteiger partial charge in [-0.25, -0.2) is 0 Å². The molecule has 3 aromatic rings. The zero-order chi connectivity index (χ0) is 35.8. The number of methoxy groups -OCH3 is 2. The van der Waals surface area contributed by atoms with Gasteiger partial charge in [-0.3, -0.25) is 19.6 Å². The van der Waals surface area contributed by atoms with Gasteiger partial charge in [0.25, 0.3) is 0 Å². The standard InChI is InChI=1S/C43H41N3O6/c1-49-40-19-34-36(45-23-31-14-27(25-4-5-25)6-7-28(31)17-38(34)47)21-42(40)51-12-3-13-52-43-22-37-35(20-41(43)50-2)39(48)18-30-15-29(16-32(30)24-46-37)26-8-10-33(44)11-9-26/h6,8-11,15,17-25,31-32H,3-5,7,12-14,16,44H2,1-2H3/b28-17-,30-18?,45-23?,46-24?. The number of benzene rings is 3. The molecule has 1 saturated carbocycles. The Morgan fingerprint density at radius 2 is 1.33 bits per heavy atom. The number of allylic oxidation sites excluding steroid dienone is 8. The maximum absolute atomic E-state index is 13.4. The Bertz CT molecular complexity index is 2130. The molecule has 0 bridgehead atoms. The Morgan fingerprint density at radius 1 is 0.712 bits per heavy atom. The van der Waals surface area contributed by atoms with Crippen LogP contribution in [0.5, 0.6) is 23.0 Å². The fraction of sp³-hybridized carbons (Fsp3) is 0.302. The van der Waals surface area contributed by atoms with Crippen molar-refractivity contribution in [1.82, 2.24) is 0 Å². The van der Waals surface area contributed by atoms with Crippen LogP contribution in [0.1, 0.15) is 64.8 Å². The second-order valence-corrected chi connectivity index (χ2v) is 13.9. The van der Waals surface area contributed by atoms with Gasteiger partial charge in [-0.15, -0.1) is 0 Å². The number of ether oxygens (including phenoxy) is 4. The van der Waals surface area contributed by atoms with Crippen LogP contribution in [0.15, 0.2) is 99.5 Å². The van der Waals surface area contributed by atoms with Gasteiger partial charge in [-0.1, -0.05) is 35.4 Å². The summed E-state index contributed by atoms with van der Waals surface area (Å²) in [6.45, 7) is 0.655. The Morgan fingerprint density at radius 3 is 1.94 bits per heavy atom. The van der Waals surface area contributed by atoms with E-state index in [0.717, 1.165) is 41.5 Å². The second kappa shape index (κ2) is 14.1. The quantitative estimate of drug-likeness (QED) is 0.128. The van der Waals surface area contributed by atoms with Crippen molar-refractivity contribution >= 4 is 46.6 Å². The molecule has 2 aliphatic heterocycles. The summed E-state index contributed by atoms with van der Waals surface area (Å²) in [6, 6.07) is 14.7. The third kappa shape index (κ3) is 6.83. The van der Waals surface area contributed by atoms with E-state index in [-0.39, 0.29) is 23.4 Å². The third-order valence-electron chi connectivity index (χ3n) is 10.4. The number of nitrogens with zero attached hydrogens (tertiary/aromatic N) is 2. The molecule has 9 heteroatoms. The van der Waals surface area contributed by atoms with Crippen molar-refractivity contribution in [3.8, 4) is 23.0 Å². The summed E-state index contributed by atoms with van der Waals surface area (Å²) in [4.78, 5) is 36.3. The van der Waals surface area contributed by atoms with E-state index in [4.69, 9.17) is 34.7 Å². The first kappa shape index (κ1) is 33.4. The first-order chi connectivity index (χ1) is 25.4. The number of nitrogen functional groups attached to an aromatic ring is 1. The summed E-state index contributed by atoms with van der Waals surface area (Å²) in [5.74, 6) is 2.57. The number of anilines is 1. The first-order valence-electron chi connectivity index (χ1n) is 17.9. The lowest BCUT2D eigenvalue weighted by Crippen LogP contribution is -2.16. The molecular formula is C43H41N3O6. The number of nitrogens with two attached hydrogens (primary N) is 1. The smallest absolute Gasteiger partial charge is 0.188 e. The summed E-state index contributed by atoms with van der Waals surface area (Å²) >= 11 is 0. The van der Waals surface area contributed by atoms with Crippen LogP contribution in [0.3, 0.4) is 0 Å². The highest BCUT2D eigenvalue weighted by molar-refractivity contribution is 6.11. The molecule has 2 unspecified atom stereocenters. The number of ketones is 2. The highest BCUT2D eigenvalue weighted by Gasteiger charge is 2.32. The van der Waals surface area contributed by atoms with Crippen molar-refractivity contribution in [2.24, 2.45) is 27.7 Å². The zero-order valence-corrected chi connectivity index (χ0v) is 29.4. The number of fused-ring (bicyclic) bond motifs is 4. The van der Waals surface area contributed by atoms with Crippen LogP contribution < -0.4 is 24.7 Å². The Kier molecular flexibility index (Phi) is 9.09. The molecule has 3 aliphatic carbocycles. The fourth-order valence-corrected chi connectivity index (χ4v) is 7.37. The maximum atomic E-state index is 13.4. The van der Waals surface area contributed by atoms with E-state index in [9.17, 15) is 9.59 Å². The summed E-state index contributed by atoms with van der Waals surface area (Å²) in [6.07, 6.45) is 17.3. The summed E-state index contributed by atoms with van der Waals surface area (Å²) in [5, 5.41) is 0. The Balaban J connectivity index is 0.922. The van der Waals surface area contributed by atoms with Gasteiger partial charge in [0.05, 0.1) is 49.9 Å². The molecule has 0 amide bonds. The van der Waals surface area contributed by atoms with Gasteiger partial charge in [0.2, 0.25) is 0 Å². The molecule has 52 heavy (non-hydrogen) atoms. The predicted molar refractivity (Wildman–Crippen MR) is 203 cm³/mol. The average Bonchev–Trinajstić information content (AvgIpc) is 3.93. The number of rotatable bonds is 10. The fourth-order valence-electron chi connectivity index (χ4n) is 7.37. The van der Waals surface area contributed by atoms with Crippen LogP contribution in [0, 0.1) is 17.8 Å². The van der Waals surface area contributed by atoms with Crippen molar-refractivity contribution < 1.29 is 28.5 Å². The van der Waals surface area contributed by atoms with Gasteiger partial charge in [-0.05, 0) is 91.1 Å². The minimum Gasteiger partial charge on any atom is -0.493 e. The lowest BCUT2D eigenvalue weighted by Gasteiger charge is -2.24. The van der Waals surface area contributed by atoms with E-state index in [1.165, 1.54) is 18.4 Å². The lowest BCUT2D eigenvalue weighted by atomic mass is 9.82. The van der Waals surface area contributed by atoms with Gasteiger partial charge in [0.15, 0.2) is 34.6 Å². The minimum atomic E-state index is -0.133. The van der Waals surface area contributed by atoms with Crippen LogP contribution in [0.2, 0.25) is 0 Å². The average molecular weight is 696 g/mol. The van der Waals surface area contributed by atoms with E-state index in [1.54, 1.807) is 50.6 Å². The molecule has 0 spiro atoms. The zero-order valence-electron chi connectivity index (χ0n) is 29.4. The predicted octanol–water partition coefficient (Wildman–Crippen LogP) is 8.63. The third-order valence-corrected chi connectivity index (χ3v) is 10.4. The van der Waals surface area contributed by atoms with E-state index in [0.29, 0.717) is 76.7 Å². The second-order valence-electron chi connectivity index (χ2n) is 13.9. The summed E-state index contributed by atoms with van der Waals surface area (Å²) < 4.78 is 23.5. The van der Waals surface area contributed by atoms with Crippen molar-refractivity contribution in [2.45, 2.75) is 38.5 Å². The number of carbonyl (C=O) groups excluding carboxylic acids is 2. The van der Waals surface area contributed by atoms with Crippen LogP contribution in [0.4, 0.5) is 17.1 Å². The summed E-state index contributed by atoms with van der Waals surface area (Å²) in [7, 11) is 3.11. The van der Waals surface area contributed by atoms with Gasteiger partial charge < -0.3 is 24.7 Å². The molecule has 0 saturated heterocycles. The molecule has 2 heterocycles. The van der Waals surface area contributed by atoms with Crippen LogP contribution >= 0.6 is 0 Å². The van der Waals surface area contributed by atoms with Crippen LogP contribution in [-0.2, 0) is 0 Å². The summed E-state index contributed by atoms with van der Waals surface area (Å²) in [5.41, 5.74) is 14.4. The van der Waals surface area contributed by atoms with Gasteiger partial charge >= 0.3 is 0 Å². The van der Waals surface area contributed by atoms with Crippen molar-refractivity contribution in [2.75, 3.05) is 33.2 Å². The molecule has 0 radical (unpaired) electrons. The molecule has 1 fully saturated rings. The van der Waals surface area contributed by atoms with E-state index < -0.39 is 0 Å². The highest BCUT2D eigenvalue weighted by atomic mass is 16.5. The van der Waals surface area contributed by atoms with Crippen molar-refractivity contribution in [3.63, 3.8) is 0 Å². The van der Waals surface area contributed by atoms with Gasteiger partial charge in [0, 0.05) is 48.5 Å². The first-order valence-corrected chi connectivity index (χ1v) is 17.9. The number of hydrogen-bond donors (Lipinski definition) is 1. The molecular weight excluding hydrogens is 654 g/mol. The SMILES string of the molecule is COc1cc2c(cc1OCCCOc1cc3c(cc1OC)C(=O)/C=C1/CC=C(C4CC4)CC1C=N3)N=CC1CC(c3ccc(N)cc3)=CC1=CC2=O. The van der Waals surface area contributed by atoms with Gasteiger partial charge in [-0.2, -0.15) is 0 Å². The van der Waals surface area contributed by atoms with E-state index >= 15 is 0 Å². The molecule has 2 atom stereocenters. The number of carbonyl (C=O) groups is 2. The molecule has 2 N–H and O–H groups in total. The maximum Gasteiger partial charge on any atom is 0.188 e. The van der Waals surface area contributed by atoms with Crippen LogP contribution in [0.25, 0.3) is 5.57 Å². The van der Waals surface area contributed by atoms with E-state index in [1.807, 2.05) is 36.7 Å². The van der Waals surface area contributed by atoms with Crippen molar-refractivity contribution in [3.05, 3.63) is 106 Å². The molecule has 0 aromatic heterocycles. The van der Waals surface area contributed by atoms with Crippen LogP contribution in [-0.4, -0.2) is 51.4 Å². The van der Waals surface area contributed by atoms with E-state index in [2.05, 4.69) is 12.2 Å². The minimum absolute atomic E-state index is 0.00924. The Hall–Kier alpha value is -5.70. The molecule has 5 aliphatic rings. The van der Waals surface area contributed by atoms with Crippen molar-refractivity contribution in [1.29, 1.82) is 0 Å². The Labute approximate surface area is 303 Å². The largest absolute Gasteiger partial charge is 0.493 e. The molecule has 3 aromatic carbocycles. The number of aliphatic imine (C=N–C) groups is 2. The normalized spacial score (nSPS) is 21.3. The molecule has 8 rings (SSSR count). The highest BCUT2D eigenvalue weighted by Crippen LogP contribution is 2.45. The lowest BCUT2D eigenvalue weighted by molar-refractivity contribution is 0.103. The monoisotopic (exact) mass is 695 g/mol. The number of hydrogen-bond acceptors (Lipinski definition) is 9. The molecule has 9 nitrogen and oxygen atoms in total. The molecule has 264 valence electrons. The topological polar surface area (TPSA) is 122 Å². The van der Waals surface area contributed by atoms with Gasteiger partial charge in [0.1, 0.15) is 0 Å².